The van der Waals surface area contributed by atoms with Crippen molar-refractivity contribution >= 4 is 21.9 Å². The molecular weight excluding hydrogens is 296 g/mol. The highest BCUT2D eigenvalue weighted by Gasteiger charge is 2.19. The van der Waals surface area contributed by atoms with Gasteiger partial charge in [-0.25, -0.2) is 8.42 Å². The number of nitrogens with two attached hydrogens (primary N) is 1. The first-order valence-corrected chi connectivity index (χ1v) is 7.67. The molecule has 8 heteroatoms. The lowest BCUT2D eigenvalue weighted by atomic mass is 10.1. The third-order valence-corrected chi connectivity index (χ3v) is 4.30. The Balaban J connectivity index is 2.71. The Hall–Kier alpha value is -1.93. The van der Waals surface area contributed by atoms with E-state index in [1.54, 1.807) is 13.0 Å². The van der Waals surface area contributed by atoms with E-state index in [-0.39, 0.29) is 4.90 Å². The Labute approximate surface area is 123 Å². The monoisotopic (exact) mass is 314 g/mol. The Morgan fingerprint density at radius 2 is 1.90 bits per heavy atom. The second kappa shape index (κ2) is 6.68. The molecule has 0 aliphatic rings. The van der Waals surface area contributed by atoms with Crippen LogP contribution < -0.4 is 10.5 Å². The lowest BCUT2D eigenvalue weighted by Crippen LogP contribution is -2.36. The Kier molecular flexibility index (Phi) is 5.45. The van der Waals surface area contributed by atoms with Crippen molar-refractivity contribution in [3.05, 3.63) is 29.3 Å². The molecule has 0 fully saturated rings. The third kappa shape index (κ3) is 4.83. The van der Waals surface area contributed by atoms with Gasteiger partial charge in [-0.15, -0.1) is 0 Å². The van der Waals surface area contributed by atoms with Crippen LogP contribution in [0, 0.1) is 13.8 Å². The van der Waals surface area contributed by atoms with E-state index in [4.69, 9.17) is 5.73 Å². The van der Waals surface area contributed by atoms with E-state index in [1.807, 2.05) is 6.92 Å². The summed E-state index contributed by atoms with van der Waals surface area (Å²) in [5.74, 6) is -1.69. The zero-order valence-corrected chi connectivity index (χ0v) is 12.9. The van der Waals surface area contributed by atoms with Crippen molar-refractivity contribution in [3.8, 4) is 0 Å². The number of carbonyl (C=O) groups excluding carboxylic acids is 2. The molecule has 1 aromatic carbocycles. The van der Waals surface area contributed by atoms with E-state index in [9.17, 15) is 18.0 Å². The van der Waals surface area contributed by atoms with E-state index < -0.39 is 34.5 Å². The lowest BCUT2D eigenvalue weighted by Gasteiger charge is -2.11. The molecule has 7 nitrogen and oxygen atoms in total. The van der Waals surface area contributed by atoms with E-state index in [1.165, 1.54) is 19.1 Å². The van der Waals surface area contributed by atoms with Gasteiger partial charge in [-0.05, 0) is 44.0 Å². The summed E-state index contributed by atoms with van der Waals surface area (Å²) in [6.07, 6.45) is -1.11. The molecule has 0 aliphatic carbocycles. The van der Waals surface area contributed by atoms with Crippen molar-refractivity contribution in [1.82, 2.24) is 4.72 Å². The molecule has 0 bridgehead atoms. The summed E-state index contributed by atoms with van der Waals surface area (Å²) in [6.45, 7) is 4.38. The standard InChI is InChI=1S/C13H18N2O5S/c1-8-4-5-11(6-9(8)2)21(18,19)15-7-12(16)20-10(3)13(14)17/h4-6,10,15H,7H2,1-3H3,(H2,14,17). The fourth-order valence-corrected chi connectivity index (χ4v) is 2.47. The molecule has 1 rings (SSSR count). The molecule has 116 valence electrons. The molecule has 1 amide bonds. The SMILES string of the molecule is Cc1ccc(S(=O)(=O)NCC(=O)OC(C)C(N)=O)cc1C. The highest BCUT2D eigenvalue weighted by Crippen LogP contribution is 2.14. The molecule has 1 unspecified atom stereocenters. The second-order valence-electron chi connectivity index (χ2n) is 4.61. The molecular formula is C13H18N2O5S. The molecule has 21 heavy (non-hydrogen) atoms. The van der Waals surface area contributed by atoms with Gasteiger partial charge in [0, 0.05) is 0 Å². The molecule has 0 saturated heterocycles. The van der Waals surface area contributed by atoms with E-state index in [2.05, 4.69) is 9.46 Å². The van der Waals surface area contributed by atoms with Gasteiger partial charge in [0.15, 0.2) is 6.10 Å². The maximum Gasteiger partial charge on any atom is 0.321 e. The van der Waals surface area contributed by atoms with Gasteiger partial charge in [-0.3, -0.25) is 9.59 Å². The first-order chi connectivity index (χ1) is 9.63. The van der Waals surface area contributed by atoms with Gasteiger partial charge < -0.3 is 10.5 Å². The number of sulfonamides is 1. The molecule has 0 saturated carbocycles. The maximum atomic E-state index is 12.0. The van der Waals surface area contributed by atoms with Crippen molar-refractivity contribution in [2.24, 2.45) is 5.73 Å². The summed E-state index contributed by atoms with van der Waals surface area (Å²) >= 11 is 0. The van der Waals surface area contributed by atoms with Crippen LogP contribution in [0.25, 0.3) is 0 Å². The summed E-state index contributed by atoms with van der Waals surface area (Å²) in [6, 6.07) is 4.63. The minimum absolute atomic E-state index is 0.0568. The molecule has 3 N–H and O–H groups in total. The van der Waals surface area contributed by atoms with Crippen LogP contribution in [-0.2, 0) is 24.3 Å². The number of primary amides is 1. The van der Waals surface area contributed by atoms with Gasteiger partial charge in [0.25, 0.3) is 5.91 Å². The van der Waals surface area contributed by atoms with Gasteiger partial charge in [0.1, 0.15) is 6.54 Å². The van der Waals surface area contributed by atoms with Crippen LogP contribution in [0.4, 0.5) is 0 Å². The lowest BCUT2D eigenvalue weighted by molar-refractivity contribution is -0.152. The summed E-state index contributed by atoms with van der Waals surface area (Å²) < 4.78 is 30.8. The zero-order valence-electron chi connectivity index (χ0n) is 12.0. The van der Waals surface area contributed by atoms with Gasteiger partial charge in [0.05, 0.1) is 4.90 Å². The molecule has 0 radical (unpaired) electrons. The van der Waals surface area contributed by atoms with Crippen molar-refractivity contribution in [1.29, 1.82) is 0 Å². The number of ether oxygens (including phenoxy) is 1. The quantitative estimate of drug-likeness (QED) is 0.717. The Morgan fingerprint density at radius 3 is 2.43 bits per heavy atom. The number of amides is 1. The van der Waals surface area contributed by atoms with E-state index >= 15 is 0 Å². The number of nitrogens with one attached hydrogen (secondary N) is 1. The average Bonchev–Trinajstić information content (AvgIpc) is 2.39. The molecule has 1 aromatic rings. The van der Waals surface area contributed by atoms with Gasteiger partial charge >= 0.3 is 5.97 Å². The van der Waals surface area contributed by atoms with Crippen molar-refractivity contribution in [2.75, 3.05) is 6.54 Å². The topological polar surface area (TPSA) is 116 Å². The van der Waals surface area contributed by atoms with Crippen molar-refractivity contribution < 1.29 is 22.7 Å². The molecule has 0 heterocycles. The number of rotatable bonds is 6. The van der Waals surface area contributed by atoms with Crippen LogP contribution in [0.5, 0.6) is 0 Å². The summed E-state index contributed by atoms with van der Waals surface area (Å²) in [5.41, 5.74) is 6.72. The predicted molar refractivity (Wildman–Crippen MR) is 75.9 cm³/mol. The Bertz CT molecular complexity index is 655. The highest BCUT2D eigenvalue weighted by atomic mass is 32.2. The number of aryl methyl sites for hydroxylation is 2. The molecule has 0 aromatic heterocycles. The average molecular weight is 314 g/mol. The van der Waals surface area contributed by atoms with E-state index in [0.717, 1.165) is 11.1 Å². The maximum absolute atomic E-state index is 12.0. The van der Waals surface area contributed by atoms with E-state index in [0.29, 0.717) is 0 Å². The minimum Gasteiger partial charge on any atom is -0.452 e. The number of hydrogen-bond donors (Lipinski definition) is 2. The highest BCUT2D eigenvalue weighted by molar-refractivity contribution is 7.89. The van der Waals surface area contributed by atoms with Gasteiger partial charge in [-0.2, -0.15) is 4.72 Å². The second-order valence-corrected chi connectivity index (χ2v) is 6.37. The number of benzene rings is 1. The first kappa shape index (κ1) is 17.1. The van der Waals surface area contributed by atoms with Crippen LogP contribution in [-0.4, -0.2) is 32.9 Å². The minimum atomic E-state index is -3.82. The fourth-order valence-electron chi connectivity index (χ4n) is 1.42. The normalized spacial score (nSPS) is 12.7. The summed E-state index contributed by atoms with van der Waals surface area (Å²) in [7, 11) is -3.82. The number of esters is 1. The van der Waals surface area contributed by atoms with Crippen molar-refractivity contribution in [2.45, 2.75) is 31.8 Å². The predicted octanol–water partition coefficient (Wildman–Crippen LogP) is -0.00126. The number of hydrogen-bond acceptors (Lipinski definition) is 5. The smallest absolute Gasteiger partial charge is 0.321 e. The summed E-state index contributed by atoms with van der Waals surface area (Å²) in [4.78, 5) is 22.2. The number of carbonyl (C=O) groups is 2. The molecule has 0 aliphatic heterocycles. The largest absolute Gasteiger partial charge is 0.452 e. The first-order valence-electron chi connectivity index (χ1n) is 6.19. The zero-order chi connectivity index (χ0) is 16.2. The van der Waals surface area contributed by atoms with Crippen LogP contribution in [0.2, 0.25) is 0 Å². The Morgan fingerprint density at radius 1 is 1.29 bits per heavy atom. The third-order valence-electron chi connectivity index (χ3n) is 2.90. The fraction of sp³-hybridized carbons (Fsp3) is 0.385. The van der Waals surface area contributed by atoms with Crippen LogP contribution >= 0.6 is 0 Å². The van der Waals surface area contributed by atoms with Gasteiger partial charge in [-0.1, -0.05) is 6.07 Å². The summed E-state index contributed by atoms with van der Waals surface area (Å²) in [5, 5.41) is 0. The van der Waals surface area contributed by atoms with Crippen LogP contribution in [0.15, 0.2) is 23.1 Å². The molecule has 0 spiro atoms. The van der Waals surface area contributed by atoms with Crippen molar-refractivity contribution in [3.63, 3.8) is 0 Å². The molecule has 1 atom stereocenters. The van der Waals surface area contributed by atoms with Crippen LogP contribution in [0.3, 0.4) is 0 Å². The van der Waals surface area contributed by atoms with Crippen LogP contribution in [0.1, 0.15) is 18.1 Å². The van der Waals surface area contributed by atoms with Gasteiger partial charge in [0.2, 0.25) is 10.0 Å².